The fourth-order valence-corrected chi connectivity index (χ4v) is 4.18. The van der Waals surface area contributed by atoms with E-state index in [0.717, 1.165) is 0 Å². The first kappa shape index (κ1) is 23.3. The summed E-state index contributed by atoms with van der Waals surface area (Å²) < 4.78 is 15.5. The van der Waals surface area contributed by atoms with Gasteiger partial charge in [0.15, 0.2) is 0 Å². The lowest BCUT2D eigenvalue weighted by Crippen LogP contribution is -2.28. The maximum absolute atomic E-state index is 14.2. The van der Waals surface area contributed by atoms with E-state index in [2.05, 4.69) is 30.7 Å². The van der Waals surface area contributed by atoms with Crippen LogP contribution in [-0.2, 0) is 7.05 Å². The monoisotopic (exact) mass is 506 g/mol. The second-order valence-electron chi connectivity index (χ2n) is 7.91. The van der Waals surface area contributed by atoms with Crippen LogP contribution in [0.5, 0.6) is 0 Å². The minimum Gasteiger partial charge on any atom is -0.383 e. The predicted octanol–water partition coefficient (Wildman–Crippen LogP) is 3.30. The van der Waals surface area contributed by atoms with Crippen molar-refractivity contribution in [2.24, 2.45) is 7.05 Å². The van der Waals surface area contributed by atoms with Crippen molar-refractivity contribution in [3.05, 3.63) is 75.8 Å². The van der Waals surface area contributed by atoms with Crippen molar-refractivity contribution < 1.29 is 4.39 Å². The zero-order valence-corrected chi connectivity index (χ0v) is 20.0. The summed E-state index contributed by atoms with van der Waals surface area (Å²) in [7, 11) is 1.63. The molecule has 0 saturated carbocycles. The van der Waals surface area contributed by atoms with Crippen LogP contribution in [0.25, 0.3) is 28.0 Å². The number of benzene rings is 2. The molecule has 0 spiro atoms. The molecule has 0 saturated heterocycles. The van der Waals surface area contributed by atoms with Gasteiger partial charge >= 0.3 is 0 Å². The smallest absolute Gasteiger partial charge is 0.267 e. The quantitative estimate of drug-likeness (QED) is 0.354. The number of nitrogens with zero attached hydrogens (tertiary/aromatic N) is 8. The molecule has 1 unspecified atom stereocenters. The van der Waals surface area contributed by atoms with E-state index in [1.807, 2.05) is 6.92 Å². The van der Waals surface area contributed by atoms with E-state index >= 15 is 0 Å². The van der Waals surface area contributed by atoms with Crippen molar-refractivity contribution in [1.82, 2.24) is 39.7 Å². The number of nitrogen functional groups attached to an aromatic ring is 1. The Kier molecular flexibility index (Phi) is 6.02. The van der Waals surface area contributed by atoms with Crippen LogP contribution >= 0.6 is 11.6 Å². The molecule has 5 aromatic rings. The highest BCUT2D eigenvalue weighted by molar-refractivity contribution is 6.35. The molecule has 36 heavy (non-hydrogen) atoms. The van der Waals surface area contributed by atoms with Gasteiger partial charge in [0, 0.05) is 0 Å². The van der Waals surface area contributed by atoms with Gasteiger partial charge in [0.2, 0.25) is 5.82 Å². The average Bonchev–Trinajstić information content (AvgIpc) is 3.28. The molecule has 0 radical (unpaired) electrons. The van der Waals surface area contributed by atoms with E-state index in [9.17, 15) is 9.18 Å². The third-order valence-corrected chi connectivity index (χ3v) is 5.89. The third kappa shape index (κ3) is 4.11. The van der Waals surface area contributed by atoms with Crippen molar-refractivity contribution in [2.75, 3.05) is 11.1 Å². The van der Waals surface area contributed by atoms with Gasteiger partial charge in [0.05, 0.1) is 34.7 Å². The predicted molar refractivity (Wildman–Crippen MR) is 133 cm³/mol. The Hall–Kier alpha value is -4.45. The minimum absolute atomic E-state index is 0.149. The van der Waals surface area contributed by atoms with Crippen LogP contribution in [0.4, 0.5) is 16.0 Å². The molecule has 0 aliphatic heterocycles. The Labute approximate surface area is 208 Å². The van der Waals surface area contributed by atoms with Gasteiger partial charge in [0.25, 0.3) is 5.56 Å². The topological polar surface area (TPSA) is 142 Å². The summed E-state index contributed by atoms with van der Waals surface area (Å²) in [5.74, 6) is 0.543. The van der Waals surface area contributed by atoms with E-state index < -0.39 is 17.4 Å². The minimum atomic E-state index is -0.561. The maximum atomic E-state index is 14.2. The van der Waals surface area contributed by atoms with E-state index in [1.54, 1.807) is 31.3 Å². The van der Waals surface area contributed by atoms with E-state index in [1.165, 1.54) is 33.9 Å². The summed E-state index contributed by atoms with van der Waals surface area (Å²) in [6.07, 6.45) is 1.78. The van der Waals surface area contributed by atoms with Crippen molar-refractivity contribution in [2.45, 2.75) is 19.4 Å². The number of tetrazole rings is 1. The zero-order chi connectivity index (χ0) is 25.4. The Bertz CT molecular complexity index is 1650. The number of nitrogens with one attached hydrogen (secondary N) is 1. The molecule has 11 nitrogen and oxygen atoms in total. The average molecular weight is 507 g/mol. The lowest BCUT2D eigenvalue weighted by molar-refractivity contribution is 0.622. The molecule has 13 heteroatoms. The lowest BCUT2D eigenvalue weighted by atomic mass is 10.1. The van der Waals surface area contributed by atoms with Gasteiger partial charge in [-0.05, 0) is 42.0 Å². The SMILES string of the molecule is CCC(Nc1ncnc(N)c1-c1nnn(C)n1)c1nc2cccc(Cl)c2c(=O)n1-c1cccc(F)c1. The number of hydrogen-bond acceptors (Lipinski definition) is 9. The van der Waals surface area contributed by atoms with Crippen molar-refractivity contribution in [1.29, 1.82) is 0 Å². The first-order valence-corrected chi connectivity index (χ1v) is 11.3. The number of aromatic nitrogens is 8. The maximum Gasteiger partial charge on any atom is 0.267 e. The largest absolute Gasteiger partial charge is 0.383 e. The fraction of sp³-hybridized carbons (Fsp3) is 0.174. The number of anilines is 2. The number of rotatable bonds is 6. The Balaban J connectivity index is 1.72. The molecule has 0 amide bonds. The second kappa shape index (κ2) is 9.30. The molecule has 1 atom stereocenters. The third-order valence-electron chi connectivity index (χ3n) is 5.58. The molecule has 0 fully saturated rings. The summed E-state index contributed by atoms with van der Waals surface area (Å²) >= 11 is 6.36. The van der Waals surface area contributed by atoms with E-state index in [0.29, 0.717) is 34.8 Å². The van der Waals surface area contributed by atoms with E-state index in [-0.39, 0.29) is 22.1 Å². The van der Waals surface area contributed by atoms with Gasteiger partial charge in [-0.2, -0.15) is 4.80 Å². The molecule has 182 valence electrons. The highest BCUT2D eigenvalue weighted by Crippen LogP contribution is 2.32. The van der Waals surface area contributed by atoms with Gasteiger partial charge in [0.1, 0.15) is 35.2 Å². The van der Waals surface area contributed by atoms with Crippen LogP contribution in [-0.4, -0.2) is 39.7 Å². The number of halogens is 2. The standard InChI is InChI=1S/C23H20ClFN10O/c1-3-15(29-20-18(19(26)27-11-28-20)21-31-33-34(2)32-21)22-30-16-9-5-8-14(24)17(16)23(36)35(22)13-7-4-6-12(25)10-13/h4-11,15H,3H2,1-2H3,(H3,26,27,28,29). The molecular weight excluding hydrogens is 487 g/mol. The van der Waals surface area contributed by atoms with Gasteiger partial charge in [-0.15, -0.1) is 10.2 Å². The molecule has 3 heterocycles. The number of fused-ring (bicyclic) bond motifs is 1. The van der Waals surface area contributed by atoms with Gasteiger partial charge in [-0.25, -0.2) is 19.3 Å². The first-order chi connectivity index (χ1) is 17.4. The van der Waals surface area contributed by atoms with Crippen LogP contribution < -0.4 is 16.6 Å². The number of aryl methyl sites for hydroxylation is 1. The first-order valence-electron chi connectivity index (χ1n) is 11.0. The summed E-state index contributed by atoms with van der Waals surface area (Å²) in [6, 6.07) is 10.2. The van der Waals surface area contributed by atoms with Gasteiger partial charge in [-0.3, -0.25) is 9.36 Å². The molecule has 5 rings (SSSR count). The van der Waals surface area contributed by atoms with Crippen molar-refractivity contribution in [3.63, 3.8) is 0 Å². The molecule has 0 aliphatic rings. The second-order valence-corrected chi connectivity index (χ2v) is 8.32. The number of hydrogen-bond donors (Lipinski definition) is 2. The summed E-state index contributed by atoms with van der Waals surface area (Å²) in [5, 5.41) is 15.9. The number of nitrogens with two attached hydrogens (primary N) is 1. The lowest BCUT2D eigenvalue weighted by Gasteiger charge is -2.23. The van der Waals surface area contributed by atoms with Crippen LogP contribution in [0.15, 0.2) is 53.6 Å². The normalized spacial score (nSPS) is 12.1. The van der Waals surface area contributed by atoms with Crippen LogP contribution in [0.1, 0.15) is 25.2 Å². The van der Waals surface area contributed by atoms with Crippen molar-refractivity contribution in [3.8, 4) is 17.1 Å². The van der Waals surface area contributed by atoms with Crippen LogP contribution in [0.3, 0.4) is 0 Å². The Morgan fingerprint density at radius 2 is 2.00 bits per heavy atom. The van der Waals surface area contributed by atoms with Crippen LogP contribution in [0, 0.1) is 5.82 Å². The molecule has 2 aromatic carbocycles. The molecular formula is C23H20ClFN10O. The Morgan fingerprint density at radius 1 is 1.19 bits per heavy atom. The fourth-order valence-electron chi connectivity index (χ4n) is 3.93. The zero-order valence-electron chi connectivity index (χ0n) is 19.2. The molecule has 0 aliphatic carbocycles. The highest BCUT2D eigenvalue weighted by atomic mass is 35.5. The molecule has 3 N–H and O–H groups in total. The molecule has 3 aromatic heterocycles. The van der Waals surface area contributed by atoms with E-state index in [4.69, 9.17) is 22.3 Å². The Morgan fingerprint density at radius 3 is 2.72 bits per heavy atom. The summed E-state index contributed by atoms with van der Waals surface area (Å²) in [5.41, 5.74) is 6.78. The summed E-state index contributed by atoms with van der Waals surface area (Å²) in [6.45, 7) is 1.91. The summed E-state index contributed by atoms with van der Waals surface area (Å²) in [4.78, 5) is 28.2. The van der Waals surface area contributed by atoms with Crippen LogP contribution in [0.2, 0.25) is 5.02 Å². The van der Waals surface area contributed by atoms with Crippen molar-refractivity contribution >= 4 is 34.1 Å². The molecule has 0 bridgehead atoms. The highest BCUT2D eigenvalue weighted by Gasteiger charge is 2.24. The van der Waals surface area contributed by atoms with Gasteiger partial charge < -0.3 is 11.1 Å². The van der Waals surface area contributed by atoms with Gasteiger partial charge in [-0.1, -0.05) is 30.7 Å².